The van der Waals surface area contributed by atoms with E-state index in [4.69, 9.17) is 4.74 Å². The Morgan fingerprint density at radius 2 is 1.84 bits per heavy atom. The number of aromatic amines is 1. The van der Waals surface area contributed by atoms with Gasteiger partial charge in [0, 0.05) is 34.9 Å². The summed E-state index contributed by atoms with van der Waals surface area (Å²) in [5.41, 5.74) is 1.58. The molecule has 0 unspecified atom stereocenters. The van der Waals surface area contributed by atoms with Crippen LogP contribution in [-0.2, 0) is 14.4 Å². The Kier molecular flexibility index (Phi) is 7.99. The number of methoxy groups -OCH3 is 1. The number of nitrogens with one attached hydrogen (secondary N) is 2. The molecule has 2 amide bonds. The number of phenols is 1. The van der Waals surface area contributed by atoms with Gasteiger partial charge >= 0.3 is 5.97 Å². The van der Waals surface area contributed by atoms with Crippen molar-refractivity contribution in [3.05, 3.63) is 53.7 Å². The molecule has 200 valence electrons. The number of Topliss-reactive ketones (excluding diaryl/α,β-unsaturated/α-hetero) is 1. The summed E-state index contributed by atoms with van der Waals surface area (Å²) < 4.78 is 5.20. The van der Waals surface area contributed by atoms with E-state index in [0.29, 0.717) is 40.7 Å². The van der Waals surface area contributed by atoms with Gasteiger partial charge in [0.15, 0.2) is 0 Å². The van der Waals surface area contributed by atoms with Gasteiger partial charge in [0.1, 0.15) is 24.1 Å². The predicted octanol–water partition coefficient (Wildman–Crippen LogP) is 3.87. The number of phenolic OH excluding ortho intramolecular Hbond substituents is 1. The maximum absolute atomic E-state index is 13.6. The topological polar surface area (TPSA) is 149 Å². The number of aromatic hydroxyl groups is 1. The summed E-state index contributed by atoms with van der Waals surface area (Å²) in [6.07, 6.45) is 5.25. The molecule has 1 aliphatic rings. The number of amides is 2. The van der Waals surface area contributed by atoms with E-state index in [1.807, 2.05) is 0 Å². The quantitative estimate of drug-likeness (QED) is 0.247. The lowest BCUT2D eigenvalue weighted by molar-refractivity contribution is -0.147. The van der Waals surface area contributed by atoms with Crippen LogP contribution in [0.15, 0.2) is 42.6 Å². The van der Waals surface area contributed by atoms with Crippen LogP contribution in [0.4, 0.5) is 5.69 Å². The number of H-pyrrole nitrogens is 1. The molecular formula is C28H31N3O7. The predicted molar refractivity (Wildman–Crippen MR) is 140 cm³/mol. The molecule has 4 N–H and O–H groups in total. The second-order valence-electron chi connectivity index (χ2n) is 9.60. The molecule has 1 fully saturated rings. The van der Waals surface area contributed by atoms with E-state index in [-0.39, 0.29) is 17.2 Å². The third-order valence-corrected chi connectivity index (χ3v) is 7.07. The minimum absolute atomic E-state index is 0.0124. The van der Waals surface area contributed by atoms with E-state index in [2.05, 4.69) is 10.3 Å². The average Bonchev–Trinajstić information content (AvgIpc) is 3.33. The van der Waals surface area contributed by atoms with Crippen molar-refractivity contribution in [1.82, 2.24) is 9.88 Å². The number of carbonyl (C=O) groups excluding carboxylic acids is 3. The lowest BCUT2D eigenvalue weighted by Crippen LogP contribution is -2.55. The number of hydrogen-bond acceptors (Lipinski definition) is 6. The highest BCUT2D eigenvalue weighted by molar-refractivity contribution is 6.45. The summed E-state index contributed by atoms with van der Waals surface area (Å²) in [4.78, 5) is 56.4. The van der Waals surface area contributed by atoms with Crippen molar-refractivity contribution in [2.75, 3.05) is 19.0 Å². The second kappa shape index (κ2) is 11.4. The van der Waals surface area contributed by atoms with Crippen molar-refractivity contribution in [3.8, 4) is 11.5 Å². The molecule has 4 rings (SSSR count). The summed E-state index contributed by atoms with van der Waals surface area (Å²) in [6.45, 7) is 0.903. The molecule has 10 heteroatoms. The van der Waals surface area contributed by atoms with Gasteiger partial charge in [-0.05, 0) is 49.4 Å². The molecular weight excluding hydrogens is 490 g/mol. The van der Waals surface area contributed by atoms with Crippen molar-refractivity contribution in [2.24, 2.45) is 5.92 Å². The molecule has 0 spiro atoms. The van der Waals surface area contributed by atoms with Crippen LogP contribution < -0.4 is 10.1 Å². The first kappa shape index (κ1) is 26.7. The minimum Gasteiger partial charge on any atom is -0.508 e. The number of hydrogen-bond donors (Lipinski definition) is 4. The van der Waals surface area contributed by atoms with Crippen molar-refractivity contribution in [3.63, 3.8) is 0 Å². The van der Waals surface area contributed by atoms with Crippen LogP contribution >= 0.6 is 0 Å². The van der Waals surface area contributed by atoms with Crippen LogP contribution in [0.5, 0.6) is 11.5 Å². The number of ketones is 1. The van der Waals surface area contributed by atoms with E-state index < -0.39 is 36.2 Å². The highest BCUT2D eigenvalue weighted by Gasteiger charge is 2.40. The van der Waals surface area contributed by atoms with Gasteiger partial charge in [0.25, 0.3) is 11.7 Å². The maximum atomic E-state index is 13.6. The van der Waals surface area contributed by atoms with E-state index >= 15 is 0 Å². The number of benzene rings is 2. The van der Waals surface area contributed by atoms with E-state index in [0.717, 1.165) is 24.2 Å². The Hall–Kier alpha value is -4.34. The highest BCUT2D eigenvalue weighted by atomic mass is 16.5. The lowest BCUT2D eigenvalue weighted by atomic mass is 9.82. The monoisotopic (exact) mass is 521 g/mol. The van der Waals surface area contributed by atoms with Crippen LogP contribution in [0.3, 0.4) is 0 Å². The fourth-order valence-corrected chi connectivity index (χ4v) is 5.07. The summed E-state index contributed by atoms with van der Waals surface area (Å²) in [7, 11) is 1.51. The first-order valence-corrected chi connectivity index (χ1v) is 12.5. The largest absolute Gasteiger partial charge is 0.508 e. The molecule has 0 saturated heterocycles. The van der Waals surface area contributed by atoms with Crippen LogP contribution in [0.25, 0.3) is 10.9 Å². The van der Waals surface area contributed by atoms with Crippen LogP contribution in [0.1, 0.15) is 48.0 Å². The van der Waals surface area contributed by atoms with E-state index in [9.17, 15) is 29.4 Å². The van der Waals surface area contributed by atoms with Crippen molar-refractivity contribution in [1.29, 1.82) is 0 Å². The fourth-order valence-electron chi connectivity index (χ4n) is 5.07. The van der Waals surface area contributed by atoms with Gasteiger partial charge in [-0.25, -0.2) is 0 Å². The SMILES string of the molecule is COc1ccc2c(C(=O)C(=O)N(CC(=O)O)[C@@H](C(=O)Nc3ccc(C)c(O)c3)C3CCCCC3)c[nH]c2c1. The smallest absolute Gasteiger partial charge is 0.323 e. The zero-order chi connectivity index (χ0) is 27.4. The lowest BCUT2D eigenvalue weighted by Gasteiger charge is -2.36. The van der Waals surface area contributed by atoms with Gasteiger partial charge in [-0.2, -0.15) is 0 Å². The zero-order valence-corrected chi connectivity index (χ0v) is 21.3. The molecule has 0 bridgehead atoms. The number of aliphatic carboxylic acids is 1. The number of ether oxygens (including phenoxy) is 1. The Balaban J connectivity index is 1.69. The van der Waals surface area contributed by atoms with Crippen molar-refractivity contribution in [2.45, 2.75) is 45.1 Å². The summed E-state index contributed by atoms with van der Waals surface area (Å²) in [6, 6.07) is 8.43. The Morgan fingerprint density at radius 3 is 2.50 bits per heavy atom. The third kappa shape index (κ3) is 5.64. The molecule has 0 radical (unpaired) electrons. The molecule has 1 saturated carbocycles. The second-order valence-corrected chi connectivity index (χ2v) is 9.60. The van der Waals surface area contributed by atoms with Gasteiger partial charge in [-0.1, -0.05) is 25.3 Å². The number of aromatic nitrogens is 1. The maximum Gasteiger partial charge on any atom is 0.323 e. The van der Waals surface area contributed by atoms with Crippen LogP contribution in [0, 0.1) is 12.8 Å². The molecule has 1 aliphatic carbocycles. The Morgan fingerprint density at radius 1 is 1.11 bits per heavy atom. The standard InChI is InChI=1S/C28H31N3O7/c1-16-8-9-18(12-23(16)32)30-27(36)25(17-6-4-3-5-7-17)31(15-24(33)34)28(37)26(35)21-14-29-22-13-19(38-2)10-11-20(21)22/h8-14,17,25,29,32H,3-7,15H2,1-2H3,(H,30,36)(H,33,34)/t25-/m1/s1. The molecule has 1 aromatic heterocycles. The van der Waals surface area contributed by atoms with Gasteiger partial charge < -0.3 is 30.2 Å². The number of carboxylic acid groups (broad SMARTS) is 1. The normalized spacial score (nSPS) is 14.6. The van der Waals surface area contributed by atoms with Gasteiger partial charge in [0.05, 0.1) is 12.7 Å². The average molecular weight is 522 g/mol. The molecule has 0 aliphatic heterocycles. The van der Waals surface area contributed by atoms with E-state index in [1.165, 1.54) is 19.4 Å². The van der Waals surface area contributed by atoms with E-state index in [1.54, 1.807) is 37.3 Å². The molecule has 3 aromatic rings. The van der Waals surface area contributed by atoms with Crippen LogP contribution in [-0.4, -0.2) is 63.4 Å². The summed E-state index contributed by atoms with van der Waals surface area (Å²) in [5, 5.41) is 22.9. The van der Waals surface area contributed by atoms with Gasteiger partial charge in [-0.15, -0.1) is 0 Å². The number of carboxylic acids is 1. The number of aryl methyl sites for hydroxylation is 1. The Bertz CT molecular complexity index is 1370. The Labute approximate surface area is 219 Å². The van der Waals surface area contributed by atoms with Crippen molar-refractivity contribution >= 4 is 40.2 Å². The summed E-state index contributed by atoms with van der Waals surface area (Å²) >= 11 is 0. The number of anilines is 1. The molecule has 1 atom stereocenters. The molecule has 2 aromatic carbocycles. The number of fused-ring (bicyclic) bond motifs is 1. The highest BCUT2D eigenvalue weighted by Crippen LogP contribution is 2.32. The first-order valence-electron chi connectivity index (χ1n) is 12.5. The minimum atomic E-state index is -1.34. The molecule has 38 heavy (non-hydrogen) atoms. The number of carbonyl (C=O) groups is 4. The zero-order valence-electron chi connectivity index (χ0n) is 21.3. The van der Waals surface area contributed by atoms with Crippen molar-refractivity contribution < 1.29 is 34.1 Å². The molecule has 10 nitrogen and oxygen atoms in total. The number of rotatable bonds is 9. The molecule has 1 heterocycles. The third-order valence-electron chi connectivity index (χ3n) is 7.07. The van der Waals surface area contributed by atoms with Gasteiger partial charge in [0.2, 0.25) is 5.91 Å². The number of nitrogens with zero attached hydrogens (tertiary/aromatic N) is 1. The first-order chi connectivity index (χ1) is 18.2. The summed E-state index contributed by atoms with van der Waals surface area (Å²) in [5.74, 6) is -3.70. The van der Waals surface area contributed by atoms with Gasteiger partial charge in [-0.3, -0.25) is 19.2 Å². The van der Waals surface area contributed by atoms with Crippen LogP contribution in [0.2, 0.25) is 0 Å². The fraction of sp³-hybridized carbons (Fsp3) is 0.357.